The molecule has 16 rings (SSSR count). The van der Waals surface area contributed by atoms with Crippen molar-refractivity contribution in [1.82, 2.24) is 0 Å². The first-order valence-electron chi connectivity index (χ1n) is 50.4. The van der Waals surface area contributed by atoms with Crippen LogP contribution >= 0.6 is 0 Å². The van der Waals surface area contributed by atoms with Crippen LogP contribution in [0.25, 0.3) is 0 Å². The first kappa shape index (κ1) is 113. The molecule has 0 spiro atoms. The molecule has 0 N–H and O–H groups in total. The van der Waals surface area contributed by atoms with Gasteiger partial charge in [0.15, 0.2) is 0 Å². The van der Waals surface area contributed by atoms with Crippen LogP contribution in [0.1, 0.15) is 255 Å². The largest absolute Gasteiger partial charge is 0.493 e. The Balaban J connectivity index is 0.000000179. The first-order chi connectivity index (χ1) is 66.8. The van der Waals surface area contributed by atoms with Crippen LogP contribution in [-0.2, 0) is 51.7 Å². The van der Waals surface area contributed by atoms with Crippen LogP contribution in [-0.4, -0.2) is 13.2 Å². The Morgan fingerprint density at radius 3 is 0.714 bits per heavy atom. The van der Waals surface area contributed by atoms with Gasteiger partial charge in [0.2, 0.25) is 0 Å². The van der Waals surface area contributed by atoms with Crippen molar-refractivity contribution in [3.05, 3.63) is 399 Å². The van der Waals surface area contributed by atoms with E-state index < -0.39 is 46.5 Å². The first-order valence-corrected chi connectivity index (χ1v) is 50.4. The van der Waals surface area contributed by atoms with Crippen molar-refractivity contribution < 1.29 is 71.6 Å². The van der Waals surface area contributed by atoms with Crippen LogP contribution in [0.5, 0.6) is 23.0 Å². The summed E-state index contributed by atoms with van der Waals surface area (Å²) < 4.78 is 182. The summed E-state index contributed by atoms with van der Waals surface area (Å²) in [5.41, 5.74) is 16.2. The molecule has 4 saturated carbocycles. The second-order valence-corrected chi connectivity index (χ2v) is 40.1. The Morgan fingerprint density at radius 2 is 0.400 bits per heavy atom. The lowest BCUT2D eigenvalue weighted by atomic mass is 9.80. The quantitative estimate of drug-likeness (QED) is 0.0565. The highest BCUT2D eigenvalue weighted by Gasteiger charge is 2.24. The fraction of sp³-hybridized carbons (Fsp3) is 0.419. The zero-order valence-electron chi connectivity index (χ0n) is 85.4. The van der Waals surface area contributed by atoms with Gasteiger partial charge in [-0.05, 0) is 323 Å². The van der Waals surface area contributed by atoms with Crippen molar-refractivity contribution in [1.29, 1.82) is 0 Å². The smallest absolute Gasteiger partial charge is 0.132 e. The van der Waals surface area contributed by atoms with Gasteiger partial charge in [-0.2, -0.15) is 0 Å². The Morgan fingerprint density at radius 1 is 0.193 bits per heavy atom. The topological polar surface area (TPSA) is 36.9 Å². The second kappa shape index (κ2) is 57.8. The number of halogens is 12. The van der Waals surface area contributed by atoms with Gasteiger partial charge in [0.05, 0.1) is 13.2 Å². The zero-order chi connectivity index (χ0) is 101. The molecule has 4 fully saturated rings. The van der Waals surface area contributed by atoms with Gasteiger partial charge in [-0.3, -0.25) is 0 Å². The number of ether oxygens (including phenoxy) is 4. The molecule has 752 valence electrons. The van der Waals surface area contributed by atoms with Crippen LogP contribution < -0.4 is 18.9 Å². The molecule has 0 bridgehead atoms. The minimum Gasteiger partial charge on any atom is -0.493 e. The fourth-order valence-electron chi connectivity index (χ4n) is 17.2. The maximum atomic E-state index is 13.4. The number of rotatable bonds is 24. The van der Waals surface area contributed by atoms with Crippen LogP contribution in [0.3, 0.4) is 0 Å². The van der Waals surface area contributed by atoms with Crippen LogP contribution in [0.2, 0.25) is 0 Å². The lowest BCUT2D eigenvalue weighted by molar-refractivity contribution is 0.187. The van der Waals surface area contributed by atoms with E-state index in [-0.39, 0.29) is 51.3 Å². The summed E-state index contributed by atoms with van der Waals surface area (Å²) >= 11 is 0. The van der Waals surface area contributed by atoms with Crippen molar-refractivity contribution in [3.8, 4) is 23.0 Å². The summed E-state index contributed by atoms with van der Waals surface area (Å²) in [7, 11) is 0. The number of hydrogen-bond donors (Lipinski definition) is 0. The van der Waals surface area contributed by atoms with Crippen molar-refractivity contribution in [2.75, 3.05) is 13.2 Å². The third-order valence-electron chi connectivity index (χ3n) is 27.8. The molecule has 0 unspecified atom stereocenters. The van der Waals surface area contributed by atoms with E-state index in [4.69, 9.17) is 18.9 Å². The molecule has 4 nitrogen and oxygen atoms in total. The van der Waals surface area contributed by atoms with Crippen LogP contribution in [0, 0.1) is 200 Å². The van der Waals surface area contributed by atoms with Crippen molar-refractivity contribution in [2.45, 2.75) is 278 Å². The molecular weight excluding hydrogens is 1780 g/mol. The van der Waals surface area contributed by atoms with E-state index in [0.717, 1.165) is 132 Å². The van der Waals surface area contributed by atoms with E-state index in [2.05, 4.69) is 77.1 Å². The molecule has 0 aliphatic heterocycles. The van der Waals surface area contributed by atoms with E-state index in [1.165, 1.54) is 212 Å². The Hall–Kier alpha value is -11.0. The van der Waals surface area contributed by atoms with Gasteiger partial charge in [0, 0.05) is 58.7 Å². The van der Waals surface area contributed by atoms with E-state index in [9.17, 15) is 52.7 Å². The monoisotopic (exact) mass is 1930 g/mol. The molecule has 0 radical (unpaired) electrons. The molecule has 4 aliphatic carbocycles. The molecular formula is C124H148F12O4. The van der Waals surface area contributed by atoms with Crippen molar-refractivity contribution in [3.63, 3.8) is 0 Å². The molecule has 0 atom stereocenters. The predicted molar refractivity (Wildman–Crippen MR) is 549 cm³/mol. The summed E-state index contributed by atoms with van der Waals surface area (Å²) in [6, 6.07) is 64.6. The average Bonchev–Trinajstić information content (AvgIpc) is 0.865. The maximum Gasteiger partial charge on any atom is 0.132 e. The summed E-state index contributed by atoms with van der Waals surface area (Å²) in [4.78, 5) is 0. The van der Waals surface area contributed by atoms with E-state index in [1.807, 2.05) is 113 Å². The fourth-order valence-corrected chi connectivity index (χ4v) is 17.2. The Labute approximate surface area is 827 Å². The van der Waals surface area contributed by atoms with Crippen LogP contribution in [0.4, 0.5) is 52.7 Å². The SMILES string of the molecule is Cc1c(F)cc(CCC2CCC(C)CC2)cc1F.Cc1c(F)cc(OCC2CCC(C)CC2)cc1F.Cc1ccc(CCC2CCC(C)CC2)cc1F.Cc1ccc(CCc2cc(F)c(C)c(F)c2)cc1.Cc1ccc(CCc2ccc(C)c(F)c2)cc1.Cc1ccc(COc2cc(F)c(C)c(F)c2)cc1.Cc1ccc(COc2ccc(C)c(F)c2)cc1.Cc1ccc(OCC2CCC(C)CC2)cc1F. The van der Waals surface area contributed by atoms with E-state index in [0.29, 0.717) is 77.6 Å². The van der Waals surface area contributed by atoms with Gasteiger partial charge in [-0.1, -0.05) is 260 Å². The van der Waals surface area contributed by atoms with Crippen LogP contribution in [0.15, 0.2) is 218 Å². The van der Waals surface area contributed by atoms with Gasteiger partial charge in [0.25, 0.3) is 0 Å². The summed E-state index contributed by atoms with van der Waals surface area (Å²) in [6.45, 7) is 32.3. The number of hydrogen-bond acceptors (Lipinski definition) is 4. The summed E-state index contributed by atoms with van der Waals surface area (Å²) in [5.74, 6) is 3.37. The van der Waals surface area contributed by atoms with E-state index >= 15 is 0 Å². The normalized spacial score (nSPS) is 17.5. The second-order valence-electron chi connectivity index (χ2n) is 40.1. The minimum absolute atomic E-state index is 0.0117. The molecule has 0 amide bonds. The average molecular weight is 1930 g/mol. The lowest BCUT2D eigenvalue weighted by Crippen LogP contribution is -2.18. The highest BCUT2D eigenvalue weighted by molar-refractivity contribution is 5.36. The van der Waals surface area contributed by atoms with Gasteiger partial charge in [-0.25, -0.2) is 52.7 Å². The summed E-state index contributed by atoms with van der Waals surface area (Å²) in [5, 5.41) is 0. The zero-order valence-corrected chi connectivity index (χ0v) is 85.4. The van der Waals surface area contributed by atoms with Gasteiger partial charge >= 0.3 is 0 Å². The Bertz CT molecular complexity index is 5300. The lowest BCUT2D eigenvalue weighted by Gasteiger charge is -2.26. The molecule has 0 aromatic heterocycles. The molecule has 12 aromatic rings. The van der Waals surface area contributed by atoms with Gasteiger partial charge in [0.1, 0.15) is 106 Å². The predicted octanol–water partition coefficient (Wildman–Crippen LogP) is 35.5. The van der Waals surface area contributed by atoms with Crippen molar-refractivity contribution in [2.24, 2.45) is 47.3 Å². The maximum absolute atomic E-state index is 13.4. The molecule has 4 aliphatic rings. The molecule has 0 heterocycles. The molecule has 140 heavy (non-hydrogen) atoms. The highest BCUT2D eigenvalue weighted by atomic mass is 19.2. The van der Waals surface area contributed by atoms with Gasteiger partial charge in [-0.15, -0.1) is 0 Å². The third kappa shape index (κ3) is 39.8. The Kier molecular flexibility index (Phi) is 46.5. The third-order valence-corrected chi connectivity index (χ3v) is 27.8. The highest BCUT2D eigenvalue weighted by Crippen LogP contribution is 2.36. The number of benzene rings is 12. The summed E-state index contributed by atoms with van der Waals surface area (Å²) in [6.07, 6.45) is 27.9. The molecule has 12 aromatic carbocycles. The minimum atomic E-state index is -0.589. The van der Waals surface area contributed by atoms with Gasteiger partial charge < -0.3 is 18.9 Å². The van der Waals surface area contributed by atoms with Crippen molar-refractivity contribution >= 4 is 0 Å². The standard InChI is InChI=1S/C16H22F2.C16H16F2.C16H23F.C16H17F.C15H20F2O.C15H14F2O.C15H21FO.C15H15FO/c2*1-11-3-5-13(6-4-11)7-8-14-9-15(17)12(2)16(18)10-14;2*1-12-3-6-14(7-4-12)9-10-15-8-5-13(2)16(17)11-15;2*1-10-3-5-12(6-4-10)9-18-13-7-14(16)11(2)15(17)8-13;2*1-11-3-6-13(7-4-11)10-17-14-8-5-12(2)15(16)9-14/h9-11,13H,3-8H2,1-2H3;3-6,9-10H,7-8H2,1-2H3;5,8,11-12,14H,3-4,6-7,9-10H2,1-2H3;3-8,11H,9-10H2,1-2H3;7-8,10,12H,3-6,9H2,1-2H3;3-8H,9H2,1-2H3;5,8-9,11,13H,3-4,6-7,10H2,1-2H3;3-9H,10H2,1-2H3. The number of aryl methyl sites for hydroxylation is 14. The molecule has 0 saturated heterocycles. The molecule has 16 heteroatoms. The van der Waals surface area contributed by atoms with E-state index in [1.54, 1.807) is 51.1 Å².